The van der Waals surface area contributed by atoms with E-state index in [0.29, 0.717) is 23.4 Å². The predicted molar refractivity (Wildman–Crippen MR) is 133 cm³/mol. The van der Waals surface area contributed by atoms with E-state index in [1.807, 2.05) is 19.1 Å². The van der Waals surface area contributed by atoms with Crippen LogP contribution >= 0.6 is 11.3 Å². The molecule has 0 saturated carbocycles. The lowest BCUT2D eigenvalue weighted by Gasteiger charge is -2.35. The minimum absolute atomic E-state index is 0.0203. The summed E-state index contributed by atoms with van der Waals surface area (Å²) >= 11 is 0.889. The van der Waals surface area contributed by atoms with Gasteiger partial charge in [-0.25, -0.2) is 13.8 Å². The molecule has 4 aromatic rings. The van der Waals surface area contributed by atoms with Crippen molar-refractivity contribution in [2.24, 2.45) is 0 Å². The van der Waals surface area contributed by atoms with Gasteiger partial charge >= 0.3 is 0 Å². The maximum Gasteiger partial charge on any atom is 0.254 e. The lowest BCUT2D eigenvalue weighted by atomic mass is 9.86. The van der Waals surface area contributed by atoms with Crippen LogP contribution in [0.5, 0.6) is 0 Å². The van der Waals surface area contributed by atoms with Crippen molar-refractivity contribution in [2.75, 3.05) is 18.0 Å². The van der Waals surface area contributed by atoms with Crippen LogP contribution < -0.4 is 11.5 Å². The van der Waals surface area contributed by atoms with Gasteiger partial charge in [-0.05, 0) is 42.7 Å². The zero-order valence-corrected chi connectivity index (χ0v) is 19.8. The van der Waals surface area contributed by atoms with Crippen LogP contribution in [0, 0.1) is 34.3 Å². The standard InChI is InChI=1S/C26H18F2N6OS/c1-12(13-3-2-7-33-24(13)31)34-8-6-14-16(26(34)35)9-20(28)21(17(14)10-29)15-4-5-19(27)23-22(15)18(11-30)25(32)36-23/h2-5,7,9,12H,6,8,32H2,1H3,(H2,31,33)/t12-/m0/s1. The fraction of sp³-hybridized carbons (Fsp3) is 0.154. The van der Waals surface area contributed by atoms with E-state index < -0.39 is 23.6 Å². The van der Waals surface area contributed by atoms with Gasteiger partial charge in [-0.2, -0.15) is 10.5 Å². The highest BCUT2D eigenvalue weighted by molar-refractivity contribution is 7.23. The van der Waals surface area contributed by atoms with Gasteiger partial charge in [0.2, 0.25) is 0 Å². The maximum absolute atomic E-state index is 15.7. The molecule has 2 aromatic heterocycles. The van der Waals surface area contributed by atoms with E-state index in [2.05, 4.69) is 4.98 Å². The Morgan fingerprint density at radius 2 is 1.86 bits per heavy atom. The molecule has 0 spiro atoms. The number of carbonyl (C=O) groups excluding carboxylic acids is 1. The first-order chi connectivity index (χ1) is 17.3. The average Bonchev–Trinajstić information content (AvgIpc) is 3.21. The Kier molecular flexibility index (Phi) is 5.54. The summed E-state index contributed by atoms with van der Waals surface area (Å²) in [5.74, 6) is -1.56. The molecule has 0 unspecified atom stereocenters. The molecule has 0 aliphatic carbocycles. The molecule has 1 aliphatic heterocycles. The maximum atomic E-state index is 15.7. The third-order valence-electron chi connectivity index (χ3n) is 6.58. The number of carbonyl (C=O) groups is 1. The smallest absolute Gasteiger partial charge is 0.254 e. The Labute approximate surface area is 208 Å². The summed E-state index contributed by atoms with van der Waals surface area (Å²) in [5, 5.41) is 19.9. The molecular weight excluding hydrogens is 482 g/mol. The zero-order valence-electron chi connectivity index (χ0n) is 19.0. The fourth-order valence-electron chi connectivity index (χ4n) is 4.85. The normalized spacial score (nSPS) is 13.8. The second-order valence-corrected chi connectivity index (χ2v) is 9.45. The second kappa shape index (κ2) is 8.59. The Balaban J connectivity index is 1.68. The quantitative estimate of drug-likeness (QED) is 0.411. The fourth-order valence-corrected chi connectivity index (χ4v) is 5.80. The van der Waals surface area contributed by atoms with E-state index in [1.54, 1.807) is 23.2 Å². The molecule has 1 amide bonds. The van der Waals surface area contributed by atoms with E-state index in [1.165, 1.54) is 6.07 Å². The van der Waals surface area contributed by atoms with Crippen molar-refractivity contribution >= 4 is 38.1 Å². The molecule has 178 valence electrons. The van der Waals surface area contributed by atoms with Crippen LogP contribution in [0.25, 0.3) is 21.2 Å². The van der Waals surface area contributed by atoms with Gasteiger partial charge in [0, 0.05) is 34.8 Å². The lowest BCUT2D eigenvalue weighted by Crippen LogP contribution is -2.40. The monoisotopic (exact) mass is 500 g/mol. The molecule has 36 heavy (non-hydrogen) atoms. The van der Waals surface area contributed by atoms with Crippen molar-refractivity contribution in [2.45, 2.75) is 19.4 Å². The van der Waals surface area contributed by atoms with Crippen LogP contribution in [0.4, 0.5) is 19.6 Å². The third-order valence-corrected chi connectivity index (χ3v) is 7.61. The van der Waals surface area contributed by atoms with Gasteiger partial charge in [0.25, 0.3) is 5.91 Å². The number of pyridine rings is 1. The van der Waals surface area contributed by atoms with Crippen molar-refractivity contribution in [1.82, 2.24) is 9.88 Å². The Hall–Kier alpha value is -4.54. The largest absolute Gasteiger partial charge is 0.389 e. The van der Waals surface area contributed by atoms with Gasteiger partial charge in [0.1, 0.15) is 34.6 Å². The predicted octanol–water partition coefficient (Wildman–Crippen LogP) is 4.91. The molecule has 0 fully saturated rings. The van der Waals surface area contributed by atoms with E-state index in [-0.39, 0.29) is 49.4 Å². The molecular formula is C26H18F2N6OS. The number of fused-ring (bicyclic) bond motifs is 2. The van der Waals surface area contributed by atoms with Crippen LogP contribution in [0.1, 0.15) is 45.6 Å². The Morgan fingerprint density at radius 3 is 2.56 bits per heavy atom. The number of hydrogen-bond donors (Lipinski definition) is 2. The summed E-state index contributed by atoms with van der Waals surface area (Å²) in [6.45, 7) is 2.08. The number of anilines is 2. The summed E-state index contributed by atoms with van der Waals surface area (Å²) in [6, 6.07) is 10.7. The highest BCUT2D eigenvalue weighted by Gasteiger charge is 2.34. The summed E-state index contributed by atoms with van der Waals surface area (Å²) in [5.41, 5.74) is 13.2. The molecule has 3 heterocycles. The topological polar surface area (TPSA) is 133 Å². The molecule has 2 aromatic carbocycles. The third kappa shape index (κ3) is 3.35. The SMILES string of the molecule is C[C@@H](c1cccnc1N)N1CCc2c(cc(F)c(-c3ccc(F)c4sc(N)c(C#N)c34)c2C#N)C1=O. The van der Waals surface area contributed by atoms with E-state index in [0.717, 1.165) is 23.5 Å². The van der Waals surface area contributed by atoms with Crippen molar-refractivity contribution in [1.29, 1.82) is 10.5 Å². The molecule has 0 bridgehead atoms. The first-order valence-electron chi connectivity index (χ1n) is 11.0. The number of benzene rings is 2. The van der Waals surface area contributed by atoms with Gasteiger partial charge in [-0.3, -0.25) is 4.79 Å². The Morgan fingerprint density at radius 1 is 1.11 bits per heavy atom. The number of halogens is 2. The summed E-state index contributed by atoms with van der Waals surface area (Å²) in [6.07, 6.45) is 1.85. The van der Waals surface area contributed by atoms with Gasteiger partial charge in [0.15, 0.2) is 0 Å². The highest BCUT2D eigenvalue weighted by Crippen LogP contribution is 2.44. The summed E-state index contributed by atoms with van der Waals surface area (Å²) in [7, 11) is 0. The van der Waals surface area contributed by atoms with E-state index in [4.69, 9.17) is 11.5 Å². The first kappa shape index (κ1) is 23.2. The molecule has 10 heteroatoms. The van der Waals surface area contributed by atoms with Gasteiger partial charge in [-0.15, -0.1) is 11.3 Å². The molecule has 7 nitrogen and oxygen atoms in total. The van der Waals surface area contributed by atoms with Crippen LogP contribution in [0.2, 0.25) is 0 Å². The number of hydrogen-bond acceptors (Lipinski definition) is 7. The number of thiophene rings is 1. The number of rotatable bonds is 3. The van der Waals surface area contributed by atoms with Crippen molar-refractivity contribution in [3.05, 3.63) is 76.0 Å². The molecule has 0 saturated heterocycles. The van der Waals surface area contributed by atoms with Crippen molar-refractivity contribution in [3.63, 3.8) is 0 Å². The number of aromatic nitrogens is 1. The highest BCUT2D eigenvalue weighted by atomic mass is 32.1. The van der Waals surface area contributed by atoms with Gasteiger partial charge in [-0.1, -0.05) is 12.1 Å². The molecule has 1 atom stereocenters. The Bertz CT molecular complexity index is 1670. The number of nitriles is 2. The number of nitrogen functional groups attached to an aromatic ring is 2. The molecule has 1 aliphatic rings. The molecule has 0 radical (unpaired) electrons. The zero-order chi connectivity index (χ0) is 25.7. The first-order valence-corrected chi connectivity index (χ1v) is 11.8. The number of nitrogens with zero attached hydrogens (tertiary/aromatic N) is 4. The van der Waals surface area contributed by atoms with Crippen molar-refractivity contribution < 1.29 is 13.6 Å². The van der Waals surface area contributed by atoms with E-state index >= 15 is 4.39 Å². The summed E-state index contributed by atoms with van der Waals surface area (Å²) < 4.78 is 30.3. The van der Waals surface area contributed by atoms with Crippen LogP contribution in [0.15, 0.2) is 36.5 Å². The average molecular weight is 501 g/mol. The van der Waals surface area contributed by atoms with Gasteiger partial charge in [0.05, 0.1) is 21.9 Å². The van der Waals surface area contributed by atoms with Crippen molar-refractivity contribution in [3.8, 4) is 23.3 Å². The minimum Gasteiger partial charge on any atom is -0.389 e. The second-order valence-electron chi connectivity index (χ2n) is 8.40. The number of nitrogens with two attached hydrogens (primary N) is 2. The van der Waals surface area contributed by atoms with Crippen LogP contribution in [-0.4, -0.2) is 22.3 Å². The van der Waals surface area contributed by atoms with E-state index in [9.17, 15) is 19.7 Å². The van der Waals surface area contributed by atoms with Crippen LogP contribution in [0.3, 0.4) is 0 Å². The molecule has 4 N–H and O–H groups in total. The van der Waals surface area contributed by atoms with Gasteiger partial charge < -0.3 is 16.4 Å². The molecule has 5 rings (SSSR count). The minimum atomic E-state index is -0.824. The summed E-state index contributed by atoms with van der Waals surface area (Å²) in [4.78, 5) is 19.1. The number of amides is 1. The van der Waals surface area contributed by atoms with Crippen LogP contribution in [-0.2, 0) is 6.42 Å². The lowest BCUT2D eigenvalue weighted by molar-refractivity contribution is 0.0672.